The van der Waals surface area contributed by atoms with E-state index in [-0.39, 0.29) is 17.8 Å². The predicted molar refractivity (Wildman–Crippen MR) is 77.7 cm³/mol. The van der Waals surface area contributed by atoms with Gasteiger partial charge in [-0.2, -0.15) is 0 Å². The van der Waals surface area contributed by atoms with Crippen molar-refractivity contribution in [2.45, 2.75) is 39.7 Å². The summed E-state index contributed by atoms with van der Waals surface area (Å²) in [5.74, 6) is 0.322. The molecule has 110 valence electrons. The largest absolute Gasteiger partial charge is 0.409 e. The first-order valence-electron chi connectivity index (χ1n) is 6.72. The first-order chi connectivity index (χ1) is 9.47. The molecule has 0 aliphatic rings. The Hall–Kier alpha value is -2.11. The summed E-state index contributed by atoms with van der Waals surface area (Å²) < 4.78 is 0. The molecular weight excluding hydrogens is 256 g/mol. The maximum absolute atomic E-state index is 12.0. The highest BCUT2D eigenvalue weighted by Gasteiger charge is 2.13. The van der Waals surface area contributed by atoms with E-state index in [9.17, 15) is 4.79 Å². The molecule has 4 N–H and O–H groups in total. The number of pyridine rings is 1. The van der Waals surface area contributed by atoms with Crippen molar-refractivity contribution in [3.05, 3.63) is 29.6 Å². The van der Waals surface area contributed by atoms with E-state index in [4.69, 9.17) is 10.9 Å². The third-order valence-electron chi connectivity index (χ3n) is 3.23. The molecular formula is C14H22N4O2. The van der Waals surface area contributed by atoms with Crippen molar-refractivity contribution in [1.29, 1.82) is 0 Å². The van der Waals surface area contributed by atoms with Crippen LogP contribution in [0.1, 0.15) is 49.7 Å². The van der Waals surface area contributed by atoms with Gasteiger partial charge in [-0.25, -0.2) is 0 Å². The second-order valence-electron chi connectivity index (χ2n) is 5.04. The summed E-state index contributed by atoms with van der Waals surface area (Å²) in [4.78, 5) is 16.0. The molecule has 0 spiro atoms. The second kappa shape index (κ2) is 7.47. The van der Waals surface area contributed by atoms with E-state index in [1.54, 1.807) is 12.1 Å². The van der Waals surface area contributed by atoms with Gasteiger partial charge >= 0.3 is 0 Å². The van der Waals surface area contributed by atoms with Crippen LogP contribution in [0.2, 0.25) is 0 Å². The lowest BCUT2D eigenvalue weighted by Crippen LogP contribution is -2.34. The third-order valence-corrected chi connectivity index (χ3v) is 3.23. The number of hydrogen-bond acceptors (Lipinski definition) is 4. The van der Waals surface area contributed by atoms with Crippen molar-refractivity contribution >= 4 is 11.7 Å². The summed E-state index contributed by atoms with van der Waals surface area (Å²) in [6.07, 6.45) is 3.43. The van der Waals surface area contributed by atoms with E-state index < -0.39 is 0 Å². The van der Waals surface area contributed by atoms with Crippen molar-refractivity contribution in [3.8, 4) is 0 Å². The normalized spacial score (nSPS) is 14.7. The number of rotatable bonds is 6. The van der Waals surface area contributed by atoms with Crippen LogP contribution < -0.4 is 11.1 Å². The van der Waals surface area contributed by atoms with Crippen LogP contribution in [0, 0.1) is 5.92 Å². The smallest absolute Gasteiger partial charge is 0.270 e. The van der Waals surface area contributed by atoms with Crippen molar-refractivity contribution in [2.75, 3.05) is 0 Å². The summed E-state index contributed by atoms with van der Waals surface area (Å²) in [7, 11) is 0. The van der Waals surface area contributed by atoms with E-state index in [0.717, 1.165) is 12.8 Å². The minimum atomic E-state index is -0.216. The molecule has 1 amide bonds. The van der Waals surface area contributed by atoms with E-state index >= 15 is 0 Å². The number of amides is 1. The van der Waals surface area contributed by atoms with Gasteiger partial charge in [-0.05, 0) is 31.4 Å². The number of carbonyl (C=O) groups is 1. The first kappa shape index (κ1) is 15.9. The maximum Gasteiger partial charge on any atom is 0.270 e. The third kappa shape index (κ3) is 4.53. The van der Waals surface area contributed by atoms with Gasteiger partial charge in [-0.15, -0.1) is 0 Å². The number of carbonyl (C=O) groups excluding carboxylic acids is 1. The Balaban J connectivity index is 2.64. The van der Waals surface area contributed by atoms with Gasteiger partial charge in [0.15, 0.2) is 5.84 Å². The molecule has 1 rings (SSSR count). The number of nitrogens with one attached hydrogen (secondary N) is 1. The first-order valence-corrected chi connectivity index (χ1v) is 6.72. The van der Waals surface area contributed by atoms with Crippen LogP contribution >= 0.6 is 0 Å². The Morgan fingerprint density at radius 2 is 2.20 bits per heavy atom. The molecule has 2 unspecified atom stereocenters. The molecule has 1 heterocycles. The number of oxime groups is 1. The average molecular weight is 278 g/mol. The average Bonchev–Trinajstić information content (AvgIpc) is 2.46. The van der Waals surface area contributed by atoms with Gasteiger partial charge in [0, 0.05) is 17.8 Å². The van der Waals surface area contributed by atoms with Crippen molar-refractivity contribution in [3.63, 3.8) is 0 Å². The molecule has 20 heavy (non-hydrogen) atoms. The Bertz CT molecular complexity index is 471. The fourth-order valence-electron chi connectivity index (χ4n) is 1.86. The van der Waals surface area contributed by atoms with Crippen LogP contribution in [0.5, 0.6) is 0 Å². The van der Waals surface area contributed by atoms with Crippen LogP contribution in [-0.2, 0) is 0 Å². The van der Waals surface area contributed by atoms with E-state index in [2.05, 4.69) is 29.3 Å². The lowest BCUT2D eigenvalue weighted by atomic mass is 10.0. The Morgan fingerprint density at radius 1 is 1.50 bits per heavy atom. The summed E-state index contributed by atoms with van der Waals surface area (Å²) >= 11 is 0. The predicted octanol–water partition coefficient (Wildman–Crippen LogP) is 1.73. The molecule has 0 fully saturated rings. The quantitative estimate of drug-likeness (QED) is 0.319. The fourth-order valence-corrected chi connectivity index (χ4v) is 1.86. The summed E-state index contributed by atoms with van der Waals surface area (Å²) in [6.45, 7) is 6.27. The molecule has 1 aromatic heterocycles. The maximum atomic E-state index is 12.0. The van der Waals surface area contributed by atoms with Crippen LogP contribution in [0.4, 0.5) is 0 Å². The number of nitrogens with two attached hydrogens (primary N) is 1. The zero-order valence-corrected chi connectivity index (χ0v) is 12.1. The monoisotopic (exact) mass is 278 g/mol. The number of nitrogens with zero attached hydrogens (tertiary/aromatic N) is 2. The molecule has 0 aliphatic carbocycles. The number of amidine groups is 1. The van der Waals surface area contributed by atoms with Crippen LogP contribution in [0.25, 0.3) is 0 Å². The number of aromatic nitrogens is 1. The molecule has 0 radical (unpaired) electrons. The van der Waals surface area contributed by atoms with Gasteiger partial charge in [0.25, 0.3) is 5.91 Å². The minimum Gasteiger partial charge on any atom is -0.409 e. The Morgan fingerprint density at radius 3 is 2.70 bits per heavy atom. The molecule has 0 saturated carbocycles. The molecule has 2 atom stereocenters. The Kier molecular flexibility index (Phi) is 5.96. The molecule has 0 aliphatic heterocycles. The van der Waals surface area contributed by atoms with Gasteiger partial charge in [-0.1, -0.05) is 25.4 Å². The molecule has 0 saturated heterocycles. The van der Waals surface area contributed by atoms with E-state index in [0.29, 0.717) is 17.2 Å². The molecule has 0 bridgehead atoms. The van der Waals surface area contributed by atoms with Gasteiger partial charge in [0.2, 0.25) is 0 Å². The Labute approximate surface area is 119 Å². The minimum absolute atomic E-state index is 0.0328. The molecule has 0 aromatic carbocycles. The van der Waals surface area contributed by atoms with Gasteiger partial charge < -0.3 is 16.3 Å². The zero-order chi connectivity index (χ0) is 15.1. The van der Waals surface area contributed by atoms with Crippen molar-refractivity contribution < 1.29 is 10.0 Å². The summed E-state index contributed by atoms with van der Waals surface area (Å²) in [5, 5.41) is 14.3. The number of hydrogen-bond donors (Lipinski definition) is 3. The molecule has 6 heteroatoms. The highest BCUT2D eigenvalue weighted by molar-refractivity contribution is 5.98. The molecule has 6 nitrogen and oxygen atoms in total. The second-order valence-corrected chi connectivity index (χ2v) is 5.04. The van der Waals surface area contributed by atoms with Gasteiger partial charge in [-0.3, -0.25) is 9.78 Å². The highest BCUT2D eigenvalue weighted by Crippen LogP contribution is 2.10. The van der Waals surface area contributed by atoms with Crippen LogP contribution in [0.3, 0.4) is 0 Å². The fraction of sp³-hybridized carbons (Fsp3) is 0.500. The topological polar surface area (TPSA) is 101 Å². The summed E-state index contributed by atoms with van der Waals surface area (Å²) in [5.41, 5.74) is 6.22. The van der Waals surface area contributed by atoms with Crippen LogP contribution in [-0.4, -0.2) is 28.0 Å². The lowest BCUT2D eigenvalue weighted by Gasteiger charge is -2.17. The van der Waals surface area contributed by atoms with Crippen LogP contribution in [0.15, 0.2) is 23.5 Å². The van der Waals surface area contributed by atoms with Crippen molar-refractivity contribution in [1.82, 2.24) is 10.3 Å². The van der Waals surface area contributed by atoms with Crippen molar-refractivity contribution in [2.24, 2.45) is 16.8 Å². The molecule has 1 aromatic rings. The standard InChI is InChI=1S/C14H22N4O2/c1-4-9(2)7-10(3)17-14(19)12-6-5-11(8-16-12)13(15)18-20/h5-6,8-10,20H,4,7H2,1-3H3,(H2,15,18)(H,17,19). The highest BCUT2D eigenvalue weighted by atomic mass is 16.4. The summed E-state index contributed by atoms with van der Waals surface area (Å²) in [6, 6.07) is 3.25. The van der Waals surface area contributed by atoms with Gasteiger partial charge in [0.1, 0.15) is 5.69 Å². The SMILES string of the molecule is CCC(C)CC(C)NC(=O)c1ccc(C(N)=NO)cn1. The van der Waals surface area contributed by atoms with E-state index in [1.165, 1.54) is 6.20 Å². The van der Waals surface area contributed by atoms with Gasteiger partial charge in [0.05, 0.1) is 0 Å². The zero-order valence-electron chi connectivity index (χ0n) is 12.1. The van der Waals surface area contributed by atoms with E-state index in [1.807, 2.05) is 6.92 Å². The lowest BCUT2D eigenvalue weighted by molar-refractivity contribution is 0.0930.